The fourth-order valence-corrected chi connectivity index (χ4v) is 3.32. The standard InChI is InChI=1S/C26H32N2O7/c1-17(16-24(30)28-32)15-18(2)19(3)25(20-5-9-23(10-6-20)34-14-13-29)35-26(31)27-21-7-11-22(33-4)12-8-21/h5-12,15-16,19,25,29,32H,13-14H2,1-4H3,(H,27,31)(H,28,30)/b17-16+,18-15+/t19-,25+/m1/s1. The molecule has 0 unspecified atom stereocenters. The lowest BCUT2D eigenvalue weighted by atomic mass is 9.90. The fraction of sp³-hybridized carbons (Fsp3) is 0.308. The molecule has 35 heavy (non-hydrogen) atoms. The summed E-state index contributed by atoms with van der Waals surface area (Å²) in [4.78, 5) is 24.2. The van der Waals surface area contributed by atoms with Crippen molar-refractivity contribution in [2.75, 3.05) is 25.6 Å². The highest BCUT2D eigenvalue weighted by molar-refractivity contribution is 5.87. The van der Waals surface area contributed by atoms with Gasteiger partial charge < -0.3 is 19.3 Å². The van der Waals surface area contributed by atoms with Crippen molar-refractivity contribution < 1.29 is 34.1 Å². The van der Waals surface area contributed by atoms with Crippen LogP contribution in [0.25, 0.3) is 0 Å². The van der Waals surface area contributed by atoms with Crippen molar-refractivity contribution in [1.82, 2.24) is 5.48 Å². The Morgan fingerprint density at radius 1 is 1.00 bits per heavy atom. The van der Waals surface area contributed by atoms with Crippen LogP contribution in [-0.2, 0) is 9.53 Å². The minimum absolute atomic E-state index is 0.0960. The van der Waals surface area contributed by atoms with E-state index in [1.165, 1.54) is 6.08 Å². The molecule has 0 aromatic heterocycles. The van der Waals surface area contributed by atoms with Crippen LogP contribution in [0.2, 0.25) is 0 Å². The summed E-state index contributed by atoms with van der Waals surface area (Å²) >= 11 is 0. The monoisotopic (exact) mass is 484 g/mol. The van der Waals surface area contributed by atoms with Crippen LogP contribution < -0.4 is 20.3 Å². The molecule has 0 heterocycles. The smallest absolute Gasteiger partial charge is 0.412 e. The topological polar surface area (TPSA) is 126 Å². The molecule has 2 aromatic carbocycles. The Labute approximate surface area is 205 Å². The third-order valence-electron chi connectivity index (χ3n) is 5.24. The molecule has 0 aliphatic heterocycles. The molecule has 9 heteroatoms. The van der Waals surface area contributed by atoms with E-state index in [2.05, 4.69) is 5.32 Å². The molecule has 0 radical (unpaired) electrons. The molecule has 0 aliphatic rings. The number of methoxy groups -OCH3 is 1. The van der Waals surface area contributed by atoms with Gasteiger partial charge in [0.05, 0.1) is 13.7 Å². The summed E-state index contributed by atoms with van der Waals surface area (Å²) in [6, 6.07) is 13.9. The Kier molecular flexibility index (Phi) is 10.8. The van der Waals surface area contributed by atoms with Gasteiger partial charge in [0.15, 0.2) is 0 Å². The molecule has 0 fully saturated rings. The van der Waals surface area contributed by atoms with E-state index in [0.29, 0.717) is 22.8 Å². The van der Waals surface area contributed by atoms with Gasteiger partial charge in [0.2, 0.25) is 0 Å². The summed E-state index contributed by atoms with van der Waals surface area (Å²) in [5.74, 6) is 0.349. The zero-order valence-corrected chi connectivity index (χ0v) is 20.3. The first-order valence-corrected chi connectivity index (χ1v) is 11.0. The highest BCUT2D eigenvalue weighted by Crippen LogP contribution is 2.33. The second-order valence-corrected chi connectivity index (χ2v) is 7.86. The fourth-order valence-electron chi connectivity index (χ4n) is 3.32. The molecule has 0 saturated heterocycles. The second-order valence-electron chi connectivity index (χ2n) is 7.86. The highest BCUT2D eigenvalue weighted by Gasteiger charge is 2.25. The number of allylic oxidation sites excluding steroid dienone is 2. The van der Waals surface area contributed by atoms with Gasteiger partial charge in [-0.1, -0.05) is 30.7 Å². The summed E-state index contributed by atoms with van der Waals surface area (Å²) in [5.41, 5.74) is 4.33. The van der Waals surface area contributed by atoms with Crippen LogP contribution in [0, 0.1) is 5.92 Å². The first kappa shape index (κ1) is 27.4. The number of nitrogens with one attached hydrogen (secondary N) is 2. The van der Waals surface area contributed by atoms with Crippen LogP contribution in [0.3, 0.4) is 0 Å². The number of hydrogen-bond acceptors (Lipinski definition) is 7. The first-order valence-electron chi connectivity index (χ1n) is 11.0. The van der Waals surface area contributed by atoms with Crippen molar-refractivity contribution in [3.63, 3.8) is 0 Å². The van der Waals surface area contributed by atoms with Crippen LogP contribution in [0.1, 0.15) is 32.4 Å². The molecule has 0 bridgehead atoms. The van der Waals surface area contributed by atoms with Crippen LogP contribution in [-0.4, -0.2) is 42.6 Å². The molecule has 2 aromatic rings. The van der Waals surface area contributed by atoms with Gasteiger partial charge in [-0.25, -0.2) is 10.3 Å². The van der Waals surface area contributed by atoms with Gasteiger partial charge in [0.1, 0.15) is 24.2 Å². The summed E-state index contributed by atoms with van der Waals surface area (Å²) in [5, 5.41) is 20.4. The summed E-state index contributed by atoms with van der Waals surface area (Å²) in [6.07, 6.45) is 1.76. The Morgan fingerprint density at radius 2 is 1.63 bits per heavy atom. The molecule has 0 spiro atoms. The third-order valence-corrected chi connectivity index (χ3v) is 5.24. The largest absolute Gasteiger partial charge is 0.497 e. The lowest BCUT2D eigenvalue weighted by Gasteiger charge is -2.26. The maximum Gasteiger partial charge on any atom is 0.412 e. The van der Waals surface area contributed by atoms with Crippen molar-refractivity contribution in [2.45, 2.75) is 26.9 Å². The van der Waals surface area contributed by atoms with Crippen LogP contribution in [0.15, 0.2) is 71.8 Å². The maximum absolute atomic E-state index is 12.8. The molecule has 2 atom stereocenters. The molecule has 188 valence electrons. The number of hydrogen-bond donors (Lipinski definition) is 4. The average Bonchev–Trinajstić information content (AvgIpc) is 2.86. The quantitative estimate of drug-likeness (QED) is 0.161. The van der Waals surface area contributed by atoms with Crippen molar-refractivity contribution in [3.05, 3.63) is 77.4 Å². The van der Waals surface area contributed by atoms with Gasteiger partial charge in [0.25, 0.3) is 5.91 Å². The molecular weight excluding hydrogens is 452 g/mol. The normalized spacial score (nSPS) is 13.4. The molecule has 0 aliphatic carbocycles. The van der Waals surface area contributed by atoms with E-state index >= 15 is 0 Å². The third kappa shape index (κ3) is 8.80. The van der Waals surface area contributed by atoms with Gasteiger partial charge >= 0.3 is 6.09 Å². The lowest BCUT2D eigenvalue weighted by Crippen LogP contribution is -2.22. The van der Waals surface area contributed by atoms with Crippen molar-refractivity contribution >= 4 is 17.7 Å². The lowest BCUT2D eigenvalue weighted by molar-refractivity contribution is -0.124. The Hall–Kier alpha value is -3.82. The molecule has 2 amide bonds. The summed E-state index contributed by atoms with van der Waals surface area (Å²) in [7, 11) is 1.56. The molecule has 0 saturated carbocycles. The zero-order valence-electron chi connectivity index (χ0n) is 20.3. The van der Waals surface area contributed by atoms with Crippen molar-refractivity contribution in [2.24, 2.45) is 5.92 Å². The Morgan fingerprint density at radius 3 is 2.20 bits per heavy atom. The van der Waals surface area contributed by atoms with Gasteiger partial charge in [-0.3, -0.25) is 15.3 Å². The number of rotatable bonds is 11. The van der Waals surface area contributed by atoms with Gasteiger partial charge in [-0.05, 0) is 61.4 Å². The van der Waals surface area contributed by atoms with Crippen molar-refractivity contribution in [3.8, 4) is 11.5 Å². The van der Waals surface area contributed by atoms with E-state index in [4.69, 9.17) is 24.5 Å². The van der Waals surface area contributed by atoms with Gasteiger partial charge in [-0.15, -0.1) is 0 Å². The highest BCUT2D eigenvalue weighted by atomic mass is 16.6. The molecule has 4 N–H and O–H groups in total. The first-order chi connectivity index (χ1) is 16.8. The number of benzene rings is 2. The van der Waals surface area contributed by atoms with E-state index in [1.54, 1.807) is 74.1 Å². The molecular formula is C26H32N2O7. The number of carbonyl (C=O) groups excluding carboxylic acids is 2. The maximum atomic E-state index is 12.8. The Bertz CT molecular complexity index is 1030. The van der Waals surface area contributed by atoms with Crippen LogP contribution >= 0.6 is 0 Å². The Balaban J connectivity index is 2.27. The van der Waals surface area contributed by atoms with Crippen LogP contribution in [0.4, 0.5) is 10.5 Å². The predicted octanol–water partition coefficient (Wildman–Crippen LogP) is 4.39. The van der Waals surface area contributed by atoms with Gasteiger partial charge in [0, 0.05) is 17.7 Å². The van der Waals surface area contributed by atoms with E-state index in [0.717, 1.165) is 11.1 Å². The van der Waals surface area contributed by atoms with E-state index in [9.17, 15) is 9.59 Å². The summed E-state index contributed by atoms with van der Waals surface area (Å²) in [6.45, 7) is 5.59. The van der Waals surface area contributed by atoms with Gasteiger partial charge in [-0.2, -0.15) is 0 Å². The number of aliphatic hydroxyl groups excluding tert-OH is 1. The minimum atomic E-state index is -0.657. The second kappa shape index (κ2) is 13.8. The number of aliphatic hydroxyl groups is 1. The van der Waals surface area contributed by atoms with Crippen molar-refractivity contribution in [1.29, 1.82) is 0 Å². The number of hydroxylamine groups is 1. The molecule has 2 rings (SSSR count). The number of carbonyl (C=O) groups is 2. The van der Waals surface area contributed by atoms with E-state index in [-0.39, 0.29) is 19.1 Å². The minimum Gasteiger partial charge on any atom is -0.497 e. The average molecular weight is 485 g/mol. The molecule has 9 nitrogen and oxygen atoms in total. The SMILES string of the molecule is COc1ccc(NC(=O)O[C@H](c2ccc(OCCO)cc2)[C@H](C)/C(C)=C/C(C)=C/C(=O)NO)cc1. The number of ether oxygens (including phenoxy) is 3. The zero-order chi connectivity index (χ0) is 25.8. The van der Waals surface area contributed by atoms with E-state index < -0.39 is 18.1 Å². The van der Waals surface area contributed by atoms with Crippen LogP contribution in [0.5, 0.6) is 11.5 Å². The predicted molar refractivity (Wildman–Crippen MR) is 131 cm³/mol. The number of amides is 2. The number of anilines is 1. The van der Waals surface area contributed by atoms with E-state index in [1.807, 2.05) is 13.8 Å². The summed E-state index contributed by atoms with van der Waals surface area (Å²) < 4.78 is 16.4.